The summed E-state index contributed by atoms with van der Waals surface area (Å²) in [5, 5.41) is 17.9. The molecule has 2 heterocycles. The lowest BCUT2D eigenvalue weighted by Gasteiger charge is -2.37. The van der Waals surface area contributed by atoms with Gasteiger partial charge < -0.3 is 14.7 Å². The van der Waals surface area contributed by atoms with Gasteiger partial charge in [0.1, 0.15) is 0 Å². The summed E-state index contributed by atoms with van der Waals surface area (Å²) < 4.78 is 8.36. The van der Waals surface area contributed by atoms with Crippen molar-refractivity contribution in [1.82, 2.24) is 24.8 Å². The first-order valence-electron chi connectivity index (χ1n) is 10.1. The van der Waals surface area contributed by atoms with Crippen molar-refractivity contribution in [2.45, 2.75) is 44.4 Å². The number of nitrogens with zero attached hydrogens (tertiary/aromatic N) is 5. The topological polar surface area (TPSA) is 83.7 Å². The van der Waals surface area contributed by atoms with E-state index >= 15 is 0 Å². The number of rotatable bonds is 8. The molecule has 3 fully saturated rings. The molecule has 2 aliphatic carbocycles. The van der Waals surface area contributed by atoms with E-state index in [2.05, 4.69) is 26.3 Å². The summed E-state index contributed by atoms with van der Waals surface area (Å²) in [4.78, 5) is 15.3. The van der Waals surface area contributed by atoms with Gasteiger partial charge in [0.25, 0.3) is 0 Å². The molecule has 3 aliphatic rings. The largest absolute Gasteiger partial charge is 0.480 e. The third-order valence-electron chi connectivity index (χ3n) is 6.14. The van der Waals surface area contributed by atoms with Crippen molar-refractivity contribution in [2.24, 2.45) is 17.8 Å². The van der Waals surface area contributed by atoms with Gasteiger partial charge in [-0.3, -0.25) is 9.69 Å². The molecule has 0 unspecified atom stereocenters. The average Bonchev–Trinajstić information content (AvgIpc) is 3.17. The maximum absolute atomic E-state index is 11.1. The average molecular weight is 377 g/mol. The lowest BCUT2D eigenvalue weighted by molar-refractivity contribution is -0.138. The van der Waals surface area contributed by atoms with E-state index in [4.69, 9.17) is 9.84 Å². The van der Waals surface area contributed by atoms with E-state index in [1.165, 1.54) is 12.8 Å². The van der Waals surface area contributed by atoms with Crippen LogP contribution in [0.15, 0.2) is 6.20 Å². The predicted octanol–water partition coefficient (Wildman–Crippen LogP) is 1.10. The maximum atomic E-state index is 11.1. The van der Waals surface area contributed by atoms with E-state index in [0.29, 0.717) is 11.8 Å². The zero-order valence-corrected chi connectivity index (χ0v) is 16.3. The molecule has 1 aliphatic heterocycles. The molecular formula is C19H31N5O3. The van der Waals surface area contributed by atoms with E-state index in [9.17, 15) is 4.79 Å². The van der Waals surface area contributed by atoms with Crippen LogP contribution in [0.1, 0.15) is 37.4 Å². The monoisotopic (exact) mass is 377 g/mol. The highest BCUT2D eigenvalue weighted by molar-refractivity contribution is 5.69. The number of carboxylic acids is 1. The first-order valence-corrected chi connectivity index (χ1v) is 10.1. The molecule has 1 saturated heterocycles. The van der Waals surface area contributed by atoms with Crippen molar-refractivity contribution in [3.63, 3.8) is 0 Å². The number of carbonyl (C=O) groups is 1. The molecule has 4 rings (SSSR count). The van der Waals surface area contributed by atoms with Crippen molar-refractivity contribution >= 4 is 5.97 Å². The summed E-state index contributed by atoms with van der Waals surface area (Å²) in [6, 6.07) is 0.193. The Hall–Kier alpha value is -1.51. The minimum absolute atomic E-state index is 0.140. The summed E-state index contributed by atoms with van der Waals surface area (Å²) in [7, 11) is 4.06. The smallest absolute Gasteiger partial charge is 0.317 e. The zero-order valence-electron chi connectivity index (χ0n) is 16.3. The molecule has 27 heavy (non-hydrogen) atoms. The molecule has 0 radical (unpaired) electrons. The molecule has 1 aromatic heterocycles. The molecule has 4 atom stereocenters. The highest BCUT2D eigenvalue weighted by Gasteiger charge is 2.44. The van der Waals surface area contributed by atoms with Crippen LogP contribution in [-0.4, -0.2) is 82.3 Å². The molecule has 0 spiro atoms. The van der Waals surface area contributed by atoms with E-state index in [1.54, 1.807) is 0 Å². The second-order valence-electron chi connectivity index (χ2n) is 8.89. The molecule has 0 aromatic carbocycles. The molecule has 8 heteroatoms. The standard InChI is InChI=1S/C19H31N5O3/c1-22(2)9-16-10-24(21-20-16)17-5-14-7-23(11-19(25)26)8-15(14)6-18(17)27-12-13-3-4-13/h10,13-15,17-18H,3-9,11-12H2,1-2H3,(H,25,26)/t14-,15+,17-,18-/m1/s1. The van der Waals surface area contributed by atoms with Gasteiger partial charge in [-0.15, -0.1) is 5.10 Å². The number of hydrogen-bond acceptors (Lipinski definition) is 6. The van der Waals surface area contributed by atoms with Crippen LogP contribution in [0.5, 0.6) is 0 Å². The van der Waals surface area contributed by atoms with Crippen LogP contribution in [0.4, 0.5) is 0 Å². The number of fused-ring (bicyclic) bond motifs is 1. The molecular weight excluding hydrogens is 346 g/mol. The Morgan fingerprint density at radius 3 is 2.70 bits per heavy atom. The second kappa shape index (κ2) is 7.85. The van der Waals surface area contributed by atoms with Gasteiger partial charge in [0, 0.05) is 26.2 Å². The van der Waals surface area contributed by atoms with E-state index < -0.39 is 5.97 Å². The van der Waals surface area contributed by atoms with Gasteiger partial charge in [0.15, 0.2) is 0 Å². The molecule has 1 aromatic rings. The third kappa shape index (κ3) is 4.67. The van der Waals surface area contributed by atoms with Gasteiger partial charge in [0.2, 0.25) is 0 Å². The molecule has 1 N–H and O–H groups in total. The van der Waals surface area contributed by atoms with Crippen LogP contribution in [0, 0.1) is 17.8 Å². The Labute approximate surface area is 160 Å². The SMILES string of the molecule is CN(C)Cc1cn([C@@H]2C[C@@H]3CN(CC(=O)O)C[C@@H]3C[C@H]2OCC2CC2)nn1. The van der Waals surface area contributed by atoms with Crippen molar-refractivity contribution in [1.29, 1.82) is 0 Å². The van der Waals surface area contributed by atoms with Crippen molar-refractivity contribution in [3.05, 3.63) is 11.9 Å². The summed E-state index contributed by atoms with van der Waals surface area (Å²) in [6.45, 7) is 3.50. The van der Waals surface area contributed by atoms with Crippen molar-refractivity contribution in [3.8, 4) is 0 Å². The number of aromatic nitrogens is 3. The van der Waals surface area contributed by atoms with Gasteiger partial charge in [-0.1, -0.05) is 5.21 Å². The molecule has 150 valence electrons. The number of ether oxygens (including phenoxy) is 1. The summed E-state index contributed by atoms with van der Waals surface area (Å²) in [6.07, 6.45) is 6.74. The van der Waals surface area contributed by atoms with Crippen LogP contribution in [0.3, 0.4) is 0 Å². The first kappa shape index (κ1) is 18.8. The zero-order chi connectivity index (χ0) is 19.0. The van der Waals surface area contributed by atoms with Gasteiger partial charge in [-0.25, -0.2) is 4.68 Å². The number of carboxylic acid groups (broad SMARTS) is 1. The molecule has 8 nitrogen and oxygen atoms in total. The van der Waals surface area contributed by atoms with Gasteiger partial charge in [-0.05, 0) is 57.5 Å². The van der Waals surface area contributed by atoms with Crippen LogP contribution >= 0.6 is 0 Å². The Bertz CT molecular complexity index is 660. The number of hydrogen-bond donors (Lipinski definition) is 1. The van der Waals surface area contributed by atoms with Crippen LogP contribution in [0.25, 0.3) is 0 Å². The third-order valence-corrected chi connectivity index (χ3v) is 6.14. The van der Waals surface area contributed by atoms with Crippen molar-refractivity contribution < 1.29 is 14.6 Å². The fraction of sp³-hybridized carbons (Fsp3) is 0.842. The quantitative estimate of drug-likeness (QED) is 0.726. The highest BCUT2D eigenvalue weighted by atomic mass is 16.5. The van der Waals surface area contributed by atoms with E-state index in [1.807, 2.05) is 18.8 Å². The van der Waals surface area contributed by atoms with Crippen LogP contribution < -0.4 is 0 Å². The molecule has 0 bridgehead atoms. The Morgan fingerprint density at radius 1 is 1.30 bits per heavy atom. The minimum atomic E-state index is -0.740. The van der Waals surface area contributed by atoms with E-state index in [-0.39, 0.29) is 18.7 Å². The normalized spacial score (nSPS) is 31.4. The molecule has 0 amide bonds. The van der Waals surface area contributed by atoms with Gasteiger partial charge in [0.05, 0.1) is 30.6 Å². The van der Waals surface area contributed by atoms with Crippen LogP contribution in [-0.2, 0) is 16.1 Å². The number of aliphatic carboxylic acids is 1. The summed E-state index contributed by atoms with van der Waals surface area (Å²) >= 11 is 0. The Morgan fingerprint density at radius 2 is 2.04 bits per heavy atom. The second-order valence-corrected chi connectivity index (χ2v) is 8.89. The fourth-order valence-corrected chi connectivity index (χ4v) is 4.68. The summed E-state index contributed by atoms with van der Waals surface area (Å²) in [5.74, 6) is 1.03. The fourth-order valence-electron chi connectivity index (χ4n) is 4.68. The maximum Gasteiger partial charge on any atom is 0.317 e. The lowest BCUT2D eigenvalue weighted by Crippen LogP contribution is -2.38. The van der Waals surface area contributed by atoms with Crippen molar-refractivity contribution in [2.75, 3.05) is 40.3 Å². The van der Waals surface area contributed by atoms with E-state index in [0.717, 1.165) is 50.7 Å². The lowest BCUT2D eigenvalue weighted by atomic mass is 9.77. The Balaban J connectivity index is 1.46. The Kier molecular flexibility index (Phi) is 5.48. The number of likely N-dealkylation sites (tertiary alicyclic amines) is 1. The summed E-state index contributed by atoms with van der Waals surface area (Å²) in [5.41, 5.74) is 0.974. The van der Waals surface area contributed by atoms with Gasteiger partial charge in [-0.2, -0.15) is 0 Å². The highest BCUT2D eigenvalue weighted by Crippen LogP contribution is 2.43. The minimum Gasteiger partial charge on any atom is -0.480 e. The van der Waals surface area contributed by atoms with Gasteiger partial charge >= 0.3 is 5.97 Å². The van der Waals surface area contributed by atoms with Crippen LogP contribution in [0.2, 0.25) is 0 Å². The molecule has 2 saturated carbocycles. The predicted molar refractivity (Wildman–Crippen MR) is 99.2 cm³/mol. The first-order chi connectivity index (χ1) is 13.0.